The van der Waals surface area contributed by atoms with Crippen molar-refractivity contribution >= 4 is 12.0 Å². The van der Waals surface area contributed by atoms with Crippen molar-refractivity contribution in [3.8, 4) is 0 Å². The molecule has 1 aromatic carbocycles. The quantitative estimate of drug-likeness (QED) is 0.841. The maximum Gasteiger partial charge on any atom is 0.328 e. The minimum absolute atomic E-state index is 0.282. The predicted molar refractivity (Wildman–Crippen MR) is 64.4 cm³/mol. The molecule has 0 aliphatic rings. The standard InChI is InChI=1S/C13H11FN2O2/c14-12-4-2-1-3-11(12)9-16-8-10(7-15-16)5-6-13(17)18/h1-8H,9H2,(H,17,18)/b6-5+. The van der Waals surface area contributed by atoms with Crippen LogP contribution in [0.4, 0.5) is 4.39 Å². The van der Waals surface area contributed by atoms with Crippen molar-refractivity contribution in [2.45, 2.75) is 6.54 Å². The van der Waals surface area contributed by atoms with Crippen LogP contribution in [0.3, 0.4) is 0 Å². The Hall–Kier alpha value is -2.43. The SMILES string of the molecule is O=C(O)/C=C/c1cnn(Cc2ccccc2F)c1. The molecule has 0 unspecified atom stereocenters. The summed E-state index contributed by atoms with van der Waals surface area (Å²) < 4.78 is 15.0. The monoisotopic (exact) mass is 246 g/mol. The van der Waals surface area contributed by atoms with Gasteiger partial charge in [-0.15, -0.1) is 0 Å². The van der Waals surface area contributed by atoms with E-state index in [1.54, 1.807) is 29.1 Å². The summed E-state index contributed by atoms with van der Waals surface area (Å²) in [6.07, 6.45) is 5.66. The fraction of sp³-hybridized carbons (Fsp3) is 0.0769. The van der Waals surface area contributed by atoms with Crippen molar-refractivity contribution < 1.29 is 14.3 Å². The average molecular weight is 246 g/mol. The van der Waals surface area contributed by atoms with E-state index >= 15 is 0 Å². The van der Waals surface area contributed by atoms with Crippen molar-refractivity contribution in [2.24, 2.45) is 0 Å². The van der Waals surface area contributed by atoms with Gasteiger partial charge in [0.15, 0.2) is 0 Å². The fourth-order valence-electron chi connectivity index (χ4n) is 1.52. The van der Waals surface area contributed by atoms with Gasteiger partial charge in [0.05, 0.1) is 12.7 Å². The first-order valence-corrected chi connectivity index (χ1v) is 5.32. The molecule has 1 N–H and O–H groups in total. The van der Waals surface area contributed by atoms with Crippen molar-refractivity contribution in [3.05, 3.63) is 59.7 Å². The first kappa shape index (κ1) is 12.0. The van der Waals surface area contributed by atoms with Gasteiger partial charge in [-0.3, -0.25) is 4.68 Å². The molecule has 92 valence electrons. The molecule has 0 saturated heterocycles. The zero-order chi connectivity index (χ0) is 13.0. The molecule has 1 heterocycles. The first-order chi connectivity index (χ1) is 8.65. The molecule has 0 amide bonds. The van der Waals surface area contributed by atoms with Gasteiger partial charge in [0.2, 0.25) is 0 Å². The topological polar surface area (TPSA) is 55.1 Å². The van der Waals surface area contributed by atoms with Crippen LogP contribution in [-0.2, 0) is 11.3 Å². The molecule has 0 radical (unpaired) electrons. The summed E-state index contributed by atoms with van der Waals surface area (Å²) in [4.78, 5) is 10.4. The highest BCUT2D eigenvalue weighted by Gasteiger charge is 2.02. The average Bonchev–Trinajstić information content (AvgIpc) is 2.77. The highest BCUT2D eigenvalue weighted by Crippen LogP contribution is 2.09. The molecule has 0 fully saturated rings. The van der Waals surface area contributed by atoms with E-state index < -0.39 is 5.97 Å². The van der Waals surface area contributed by atoms with Gasteiger partial charge < -0.3 is 5.11 Å². The van der Waals surface area contributed by atoms with Gasteiger partial charge in [0.1, 0.15) is 5.82 Å². The second kappa shape index (κ2) is 5.27. The zero-order valence-corrected chi connectivity index (χ0v) is 9.45. The second-order valence-electron chi connectivity index (χ2n) is 3.73. The van der Waals surface area contributed by atoms with Gasteiger partial charge in [-0.1, -0.05) is 18.2 Å². The first-order valence-electron chi connectivity index (χ1n) is 5.32. The number of hydrogen-bond donors (Lipinski definition) is 1. The molecule has 5 heteroatoms. The van der Waals surface area contributed by atoms with Crippen LogP contribution in [0.2, 0.25) is 0 Å². The van der Waals surface area contributed by atoms with Gasteiger partial charge in [0, 0.05) is 23.4 Å². The van der Waals surface area contributed by atoms with E-state index in [4.69, 9.17) is 5.11 Å². The number of carboxylic acids is 1. The normalized spacial score (nSPS) is 10.9. The third kappa shape index (κ3) is 3.04. The van der Waals surface area contributed by atoms with Gasteiger partial charge in [-0.05, 0) is 12.1 Å². The van der Waals surface area contributed by atoms with Crippen molar-refractivity contribution in [1.29, 1.82) is 0 Å². The number of hydrogen-bond acceptors (Lipinski definition) is 2. The van der Waals surface area contributed by atoms with Crippen molar-refractivity contribution in [1.82, 2.24) is 9.78 Å². The lowest BCUT2D eigenvalue weighted by Crippen LogP contribution is -2.01. The number of benzene rings is 1. The summed E-state index contributed by atoms with van der Waals surface area (Å²) in [5.74, 6) is -1.30. The Kier molecular flexibility index (Phi) is 3.52. The lowest BCUT2D eigenvalue weighted by Gasteiger charge is -2.02. The van der Waals surface area contributed by atoms with Gasteiger partial charge in [-0.2, -0.15) is 5.10 Å². The molecule has 2 rings (SSSR count). The number of carboxylic acid groups (broad SMARTS) is 1. The largest absolute Gasteiger partial charge is 0.478 e. The Balaban J connectivity index is 2.12. The summed E-state index contributed by atoms with van der Waals surface area (Å²) in [7, 11) is 0. The molecular formula is C13H11FN2O2. The third-order valence-corrected chi connectivity index (χ3v) is 2.36. The van der Waals surface area contributed by atoms with E-state index in [2.05, 4.69) is 5.10 Å². The van der Waals surface area contributed by atoms with Crippen LogP contribution in [0.1, 0.15) is 11.1 Å². The van der Waals surface area contributed by atoms with Crippen LogP contribution in [0.5, 0.6) is 0 Å². The van der Waals surface area contributed by atoms with Gasteiger partial charge >= 0.3 is 5.97 Å². The lowest BCUT2D eigenvalue weighted by atomic mass is 10.2. The third-order valence-electron chi connectivity index (χ3n) is 2.36. The van der Waals surface area contributed by atoms with Gasteiger partial charge in [0.25, 0.3) is 0 Å². The second-order valence-corrected chi connectivity index (χ2v) is 3.73. The summed E-state index contributed by atoms with van der Waals surface area (Å²) in [5.41, 5.74) is 1.20. The maximum absolute atomic E-state index is 13.4. The predicted octanol–water partition coefficient (Wildman–Crippen LogP) is 2.17. The number of aliphatic carboxylic acids is 1. The number of carbonyl (C=O) groups is 1. The Labute approximate surface area is 103 Å². The number of nitrogens with zero attached hydrogens (tertiary/aromatic N) is 2. The number of halogens is 1. The van der Waals surface area contributed by atoms with Crippen molar-refractivity contribution in [2.75, 3.05) is 0 Å². The highest BCUT2D eigenvalue weighted by atomic mass is 19.1. The van der Waals surface area contributed by atoms with Crippen LogP contribution in [-0.4, -0.2) is 20.9 Å². The smallest absolute Gasteiger partial charge is 0.328 e. The van der Waals surface area contributed by atoms with E-state index in [0.717, 1.165) is 6.08 Å². The molecule has 1 aromatic heterocycles. The Bertz CT molecular complexity index is 590. The van der Waals surface area contributed by atoms with Crippen LogP contribution >= 0.6 is 0 Å². The Morgan fingerprint density at radius 3 is 2.94 bits per heavy atom. The Morgan fingerprint density at radius 2 is 2.22 bits per heavy atom. The zero-order valence-electron chi connectivity index (χ0n) is 9.45. The maximum atomic E-state index is 13.4. The molecule has 0 aliphatic heterocycles. The molecule has 0 atom stereocenters. The molecule has 0 spiro atoms. The van der Waals surface area contributed by atoms with Crippen molar-refractivity contribution in [3.63, 3.8) is 0 Å². The van der Waals surface area contributed by atoms with Gasteiger partial charge in [-0.25, -0.2) is 9.18 Å². The summed E-state index contributed by atoms with van der Waals surface area (Å²) in [6.45, 7) is 0.313. The van der Waals surface area contributed by atoms with E-state index in [-0.39, 0.29) is 5.82 Å². The van der Waals surface area contributed by atoms with Crippen LogP contribution in [0.15, 0.2) is 42.7 Å². The number of aromatic nitrogens is 2. The molecular weight excluding hydrogens is 235 g/mol. The highest BCUT2D eigenvalue weighted by molar-refractivity contribution is 5.85. The number of rotatable bonds is 4. The van der Waals surface area contributed by atoms with Crippen LogP contribution < -0.4 is 0 Å². The fourth-order valence-corrected chi connectivity index (χ4v) is 1.52. The molecule has 4 nitrogen and oxygen atoms in total. The van der Waals surface area contributed by atoms with E-state index in [9.17, 15) is 9.18 Å². The summed E-state index contributed by atoms with van der Waals surface area (Å²) in [6, 6.07) is 6.46. The molecule has 0 saturated carbocycles. The van der Waals surface area contributed by atoms with Crippen LogP contribution in [0, 0.1) is 5.82 Å². The molecule has 0 bridgehead atoms. The molecule has 2 aromatic rings. The van der Waals surface area contributed by atoms with E-state index in [1.807, 2.05) is 0 Å². The minimum Gasteiger partial charge on any atom is -0.478 e. The lowest BCUT2D eigenvalue weighted by molar-refractivity contribution is -0.131. The Morgan fingerprint density at radius 1 is 1.44 bits per heavy atom. The molecule has 18 heavy (non-hydrogen) atoms. The van der Waals surface area contributed by atoms with Crippen LogP contribution in [0.25, 0.3) is 6.08 Å². The summed E-state index contributed by atoms with van der Waals surface area (Å²) in [5, 5.41) is 12.5. The summed E-state index contributed by atoms with van der Waals surface area (Å²) >= 11 is 0. The molecule has 0 aliphatic carbocycles. The minimum atomic E-state index is -1.02. The van der Waals surface area contributed by atoms with E-state index in [1.165, 1.54) is 18.3 Å². The van der Waals surface area contributed by atoms with E-state index in [0.29, 0.717) is 17.7 Å².